The smallest absolute Gasteiger partial charge is 0.252 e. The van der Waals surface area contributed by atoms with Crippen molar-refractivity contribution >= 4 is 22.5 Å². The van der Waals surface area contributed by atoms with E-state index in [0.717, 1.165) is 31.5 Å². The first-order valence-corrected chi connectivity index (χ1v) is 9.91. The summed E-state index contributed by atoms with van der Waals surface area (Å²) in [4.78, 5) is 11.1. The molecular formula is C22H32ClNO. The third-order valence-corrected chi connectivity index (χ3v) is 4.38. The zero-order valence-corrected chi connectivity index (χ0v) is 16.1. The Labute approximate surface area is 158 Å². The molecule has 0 spiro atoms. The van der Waals surface area contributed by atoms with E-state index in [1.807, 2.05) is 18.2 Å². The van der Waals surface area contributed by atoms with Gasteiger partial charge < -0.3 is 5.32 Å². The number of rotatable bonds is 15. The summed E-state index contributed by atoms with van der Waals surface area (Å²) < 4.78 is 0. The normalized spacial score (nSPS) is 10.9. The maximum atomic E-state index is 11.1. The van der Waals surface area contributed by atoms with Crippen LogP contribution in [0.15, 0.2) is 49.1 Å². The quantitative estimate of drug-likeness (QED) is 0.204. The van der Waals surface area contributed by atoms with Crippen molar-refractivity contribution in [3.63, 3.8) is 0 Å². The summed E-state index contributed by atoms with van der Waals surface area (Å²) in [6.45, 7) is 4.65. The fourth-order valence-corrected chi connectivity index (χ4v) is 2.82. The third-order valence-electron chi connectivity index (χ3n) is 4.16. The molecule has 0 atom stereocenters. The molecule has 0 aliphatic carbocycles. The molecule has 0 unspecified atom stereocenters. The van der Waals surface area contributed by atoms with E-state index in [-0.39, 0.29) is 0 Å². The fraction of sp³-hybridized carbons (Fsp3) is 0.500. The zero-order valence-electron chi connectivity index (χ0n) is 15.3. The minimum atomic E-state index is -0.414. The molecule has 1 aromatic rings. The Hall–Kier alpha value is -1.54. The van der Waals surface area contributed by atoms with E-state index in [2.05, 4.69) is 24.0 Å². The van der Waals surface area contributed by atoms with Gasteiger partial charge in [-0.05, 0) is 68.3 Å². The average molecular weight is 362 g/mol. The number of hydrogen-bond donors (Lipinski definition) is 1. The van der Waals surface area contributed by atoms with Crippen molar-refractivity contribution in [1.29, 1.82) is 0 Å². The lowest BCUT2D eigenvalue weighted by Gasteiger charge is -2.06. The van der Waals surface area contributed by atoms with E-state index in [4.69, 9.17) is 11.6 Å². The van der Waals surface area contributed by atoms with Gasteiger partial charge in [-0.1, -0.05) is 50.0 Å². The summed E-state index contributed by atoms with van der Waals surface area (Å²) in [5, 5.41) is 2.92. The molecule has 0 aliphatic heterocycles. The Kier molecular flexibility index (Phi) is 12.7. The maximum absolute atomic E-state index is 11.1. The van der Waals surface area contributed by atoms with E-state index in [1.165, 1.54) is 44.9 Å². The maximum Gasteiger partial charge on any atom is 0.252 e. The molecule has 25 heavy (non-hydrogen) atoms. The van der Waals surface area contributed by atoms with Gasteiger partial charge in [0.1, 0.15) is 0 Å². The van der Waals surface area contributed by atoms with Gasteiger partial charge in [0.25, 0.3) is 5.24 Å². The highest BCUT2D eigenvalue weighted by atomic mass is 35.5. The van der Waals surface area contributed by atoms with E-state index in [9.17, 15) is 4.79 Å². The zero-order chi connectivity index (χ0) is 18.2. The molecule has 0 radical (unpaired) electrons. The second-order valence-corrected chi connectivity index (χ2v) is 6.73. The summed E-state index contributed by atoms with van der Waals surface area (Å²) in [7, 11) is 0. The number of halogens is 1. The topological polar surface area (TPSA) is 29.1 Å². The van der Waals surface area contributed by atoms with Crippen LogP contribution in [0.3, 0.4) is 0 Å². The van der Waals surface area contributed by atoms with Gasteiger partial charge in [-0.3, -0.25) is 4.79 Å². The Morgan fingerprint density at radius 3 is 2.28 bits per heavy atom. The molecule has 0 aromatic heterocycles. The lowest BCUT2D eigenvalue weighted by molar-refractivity contribution is 0.108. The summed E-state index contributed by atoms with van der Waals surface area (Å²) >= 11 is 5.49. The summed E-state index contributed by atoms with van der Waals surface area (Å²) in [6.07, 6.45) is 19.1. The van der Waals surface area contributed by atoms with Gasteiger partial charge in [0.15, 0.2) is 0 Å². The van der Waals surface area contributed by atoms with E-state index in [0.29, 0.717) is 5.56 Å². The first kappa shape index (κ1) is 21.5. The van der Waals surface area contributed by atoms with Crippen molar-refractivity contribution in [2.75, 3.05) is 11.9 Å². The number of hydrogen-bond acceptors (Lipinski definition) is 2. The molecule has 1 rings (SSSR count). The van der Waals surface area contributed by atoms with Crippen LogP contribution < -0.4 is 5.32 Å². The van der Waals surface area contributed by atoms with Gasteiger partial charge in [-0.25, -0.2) is 0 Å². The monoisotopic (exact) mass is 361 g/mol. The molecule has 1 N–H and O–H groups in total. The minimum Gasteiger partial charge on any atom is -0.385 e. The van der Waals surface area contributed by atoms with Crippen molar-refractivity contribution in [2.45, 2.75) is 64.2 Å². The van der Waals surface area contributed by atoms with Crippen LogP contribution in [0.2, 0.25) is 0 Å². The number of anilines is 1. The Morgan fingerprint density at radius 2 is 1.60 bits per heavy atom. The second-order valence-electron chi connectivity index (χ2n) is 6.38. The molecule has 3 heteroatoms. The second kappa shape index (κ2) is 14.8. The summed E-state index contributed by atoms with van der Waals surface area (Å²) in [5.41, 5.74) is 1.48. The van der Waals surface area contributed by atoms with Gasteiger partial charge in [-0.2, -0.15) is 0 Å². The first-order chi connectivity index (χ1) is 12.2. The lowest BCUT2D eigenvalue weighted by atomic mass is 10.1. The van der Waals surface area contributed by atoms with Gasteiger partial charge in [-0.15, -0.1) is 6.58 Å². The standard InChI is InChI=1S/C22H32ClNO/c1-2-3-4-5-6-7-8-9-10-11-12-13-14-18-24-21-17-15-16-20(19-21)22(23)25/h2,11-12,15-17,19,24H,1,3-10,13-14,18H2. The van der Waals surface area contributed by atoms with Crippen LogP contribution in [-0.2, 0) is 0 Å². The predicted molar refractivity (Wildman–Crippen MR) is 111 cm³/mol. The van der Waals surface area contributed by atoms with Gasteiger partial charge in [0, 0.05) is 17.8 Å². The number of carbonyl (C=O) groups excluding carboxylic acids is 1. The lowest BCUT2D eigenvalue weighted by Crippen LogP contribution is -2.01. The van der Waals surface area contributed by atoms with Crippen molar-refractivity contribution in [3.8, 4) is 0 Å². The van der Waals surface area contributed by atoms with E-state index < -0.39 is 5.24 Å². The summed E-state index contributed by atoms with van der Waals surface area (Å²) in [6, 6.07) is 7.32. The summed E-state index contributed by atoms with van der Waals surface area (Å²) in [5.74, 6) is 0. The number of benzene rings is 1. The fourth-order valence-electron chi connectivity index (χ4n) is 2.70. The van der Waals surface area contributed by atoms with Gasteiger partial charge in [0.05, 0.1) is 0 Å². The van der Waals surface area contributed by atoms with Crippen molar-refractivity contribution in [3.05, 3.63) is 54.6 Å². The highest BCUT2D eigenvalue weighted by molar-refractivity contribution is 6.67. The molecule has 2 nitrogen and oxygen atoms in total. The molecule has 0 saturated carbocycles. The number of allylic oxidation sites excluding steroid dienone is 3. The molecular weight excluding hydrogens is 330 g/mol. The van der Waals surface area contributed by atoms with Crippen molar-refractivity contribution in [2.24, 2.45) is 0 Å². The number of nitrogens with one attached hydrogen (secondary N) is 1. The Morgan fingerprint density at radius 1 is 0.960 bits per heavy atom. The molecule has 0 aliphatic rings. The SMILES string of the molecule is C=CCCCCCCCCC=CCCCNc1cccc(C(=O)Cl)c1. The molecule has 0 saturated heterocycles. The largest absolute Gasteiger partial charge is 0.385 e. The molecule has 0 heterocycles. The molecule has 138 valence electrons. The number of unbranched alkanes of at least 4 members (excludes halogenated alkanes) is 8. The highest BCUT2D eigenvalue weighted by Crippen LogP contribution is 2.13. The Balaban J connectivity index is 1.96. The number of carbonyl (C=O) groups is 1. The minimum absolute atomic E-state index is 0.414. The van der Waals surface area contributed by atoms with E-state index in [1.54, 1.807) is 12.1 Å². The van der Waals surface area contributed by atoms with Crippen molar-refractivity contribution in [1.82, 2.24) is 0 Å². The van der Waals surface area contributed by atoms with Gasteiger partial charge >= 0.3 is 0 Å². The van der Waals surface area contributed by atoms with Crippen LogP contribution in [0.1, 0.15) is 74.6 Å². The first-order valence-electron chi connectivity index (χ1n) is 9.53. The molecule has 0 fully saturated rings. The molecule has 1 aromatic carbocycles. The predicted octanol–water partition coefficient (Wildman–Crippen LogP) is 7.12. The third kappa shape index (κ3) is 11.6. The average Bonchev–Trinajstić information content (AvgIpc) is 2.62. The van der Waals surface area contributed by atoms with E-state index >= 15 is 0 Å². The van der Waals surface area contributed by atoms with Crippen molar-refractivity contribution < 1.29 is 4.79 Å². The van der Waals surface area contributed by atoms with Crippen LogP contribution in [0.25, 0.3) is 0 Å². The van der Waals surface area contributed by atoms with Gasteiger partial charge in [0.2, 0.25) is 0 Å². The molecule has 0 amide bonds. The highest BCUT2D eigenvalue weighted by Gasteiger charge is 2.01. The van der Waals surface area contributed by atoms with Crippen LogP contribution in [0, 0.1) is 0 Å². The Bertz CT molecular complexity index is 525. The van der Waals surface area contributed by atoms with Crippen LogP contribution in [0.4, 0.5) is 5.69 Å². The van der Waals surface area contributed by atoms with Crippen LogP contribution in [-0.4, -0.2) is 11.8 Å². The van der Waals surface area contributed by atoms with Crippen LogP contribution >= 0.6 is 11.6 Å². The molecule has 0 bridgehead atoms. The van der Waals surface area contributed by atoms with Crippen LogP contribution in [0.5, 0.6) is 0 Å².